The van der Waals surface area contributed by atoms with Crippen LogP contribution in [0.15, 0.2) is 5.16 Å². The standard InChI is InChI=1S/C7H9ClN2O3S/c1-4-5(8)6(13-2)10-7(9-4)14(3,11)12/h1-3H3. The molecule has 5 nitrogen and oxygen atoms in total. The van der Waals surface area contributed by atoms with Gasteiger partial charge >= 0.3 is 0 Å². The number of hydrogen-bond donors (Lipinski definition) is 0. The van der Waals surface area contributed by atoms with E-state index < -0.39 is 9.84 Å². The van der Waals surface area contributed by atoms with Crippen LogP contribution in [0.5, 0.6) is 5.88 Å². The average molecular weight is 237 g/mol. The molecule has 0 amide bonds. The van der Waals surface area contributed by atoms with E-state index in [1.807, 2.05) is 0 Å². The monoisotopic (exact) mass is 236 g/mol. The number of sulfone groups is 1. The van der Waals surface area contributed by atoms with E-state index in [9.17, 15) is 8.42 Å². The molecule has 0 aromatic carbocycles. The topological polar surface area (TPSA) is 69.2 Å². The van der Waals surface area contributed by atoms with Gasteiger partial charge in [0.25, 0.3) is 0 Å². The molecule has 0 aliphatic heterocycles. The van der Waals surface area contributed by atoms with E-state index in [-0.39, 0.29) is 16.1 Å². The van der Waals surface area contributed by atoms with Crippen LogP contribution in [-0.4, -0.2) is 31.8 Å². The molecule has 0 bridgehead atoms. The molecular weight excluding hydrogens is 228 g/mol. The van der Waals surface area contributed by atoms with Crippen molar-refractivity contribution in [2.45, 2.75) is 12.1 Å². The summed E-state index contributed by atoms with van der Waals surface area (Å²) in [6, 6.07) is 0. The van der Waals surface area contributed by atoms with Crippen LogP contribution in [-0.2, 0) is 9.84 Å². The minimum Gasteiger partial charge on any atom is -0.480 e. The summed E-state index contributed by atoms with van der Waals surface area (Å²) in [5.41, 5.74) is 0.374. The van der Waals surface area contributed by atoms with E-state index in [0.29, 0.717) is 5.69 Å². The highest BCUT2D eigenvalue weighted by Crippen LogP contribution is 2.24. The highest BCUT2D eigenvalue weighted by atomic mass is 35.5. The minimum atomic E-state index is -3.44. The number of hydrogen-bond acceptors (Lipinski definition) is 5. The third-order valence-electron chi connectivity index (χ3n) is 1.49. The van der Waals surface area contributed by atoms with Gasteiger partial charge in [0.15, 0.2) is 0 Å². The van der Waals surface area contributed by atoms with Crippen LogP contribution in [0.2, 0.25) is 5.02 Å². The summed E-state index contributed by atoms with van der Waals surface area (Å²) in [6.45, 7) is 1.58. The fourth-order valence-corrected chi connectivity index (χ4v) is 1.52. The number of ether oxygens (including phenoxy) is 1. The number of rotatable bonds is 2. The molecule has 0 spiro atoms. The molecule has 0 atom stereocenters. The van der Waals surface area contributed by atoms with Gasteiger partial charge in [0.1, 0.15) is 5.02 Å². The van der Waals surface area contributed by atoms with E-state index in [0.717, 1.165) is 6.26 Å². The van der Waals surface area contributed by atoms with E-state index >= 15 is 0 Å². The third kappa shape index (κ3) is 2.13. The number of aromatic nitrogens is 2. The summed E-state index contributed by atoms with van der Waals surface area (Å²) in [4.78, 5) is 7.41. The van der Waals surface area contributed by atoms with E-state index in [1.165, 1.54) is 7.11 Å². The molecule has 14 heavy (non-hydrogen) atoms. The van der Waals surface area contributed by atoms with Crippen molar-refractivity contribution in [1.82, 2.24) is 9.97 Å². The maximum atomic E-state index is 11.1. The fourth-order valence-electron chi connectivity index (χ4n) is 0.809. The van der Waals surface area contributed by atoms with Gasteiger partial charge in [0.2, 0.25) is 20.9 Å². The van der Waals surface area contributed by atoms with Gasteiger partial charge in [0, 0.05) is 6.26 Å². The summed E-state index contributed by atoms with van der Waals surface area (Å²) in [5.74, 6) is 0.0691. The van der Waals surface area contributed by atoms with Gasteiger partial charge in [-0.15, -0.1) is 0 Å². The largest absolute Gasteiger partial charge is 0.480 e. The molecule has 1 heterocycles. The summed E-state index contributed by atoms with van der Waals surface area (Å²) in [6.07, 6.45) is 1.02. The van der Waals surface area contributed by atoms with Crippen LogP contribution in [0.3, 0.4) is 0 Å². The quantitative estimate of drug-likeness (QED) is 0.712. The van der Waals surface area contributed by atoms with Gasteiger partial charge < -0.3 is 4.74 Å². The molecule has 0 saturated carbocycles. The molecule has 7 heteroatoms. The predicted octanol–water partition coefficient (Wildman–Crippen LogP) is 0.851. The van der Waals surface area contributed by atoms with Crippen molar-refractivity contribution in [2.24, 2.45) is 0 Å². The van der Waals surface area contributed by atoms with Crippen LogP contribution in [0.25, 0.3) is 0 Å². The first-order valence-corrected chi connectivity index (χ1v) is 5.91. The van der Waals surface area contributed by atoms with Gasteiger partial charge in [-0.1, -0.05) is 11.6 Å². The van der Waals surface area contributed by atoms with Crippen molar-refractivity contribution in [2.75, 3.05) is 13.4 Å². The van der Waals surface area contributed by atoms with Crippen molar-refractivity contribution >= 4 is 21.4 Å². The van der Waals surface area contributed by atoms with Crippen molar-refractivity contribution in [3.63, 3.8) is 0 Å². The Morgan fingerprint density at radius 1 is 1.36 bits per heavy atom. The molecule has 0 radical (unpaired) electrons. The molecule has 1 aromatic rings. The van der Waals surface area contributed by atoms with Crippen LogP contribution in [0.1, 0.15) is 5.69 Å². The molecule has 0 saturated heterocycles. The van der Waals surface area contributed by atoms with Gasteiger partial charge in [-0.3, -0.25) is 0 Å². The van der Waals surface area contributed by atoms with Gasteiger partial charge in [-0.05, 0) is 6.92 Å². The SMILES string of the molecule is COc1nc(S(C)(=O)=O)nc(C)c1Cl. The minimum absolute atomic E-state index is 0.0691. The van der Waals surface area contributed by atoms with Crippen molar-refractivity contribution < 1.29 is 13.2 Å². The second kappa shape index (κ2) is 3.70. The highest BCUT2D eigenvalue weighted by molar-refractivity contribution is 7.90. The van der Waals surface area contributed by atoms with E-state index in [4.69, 9.17) is 16.3 Å². The Morgan fingerprint density at radius 2 is 1.93 bits per heavy atom. The van der Waals surface area contributed by atoms with Crippen molar-refractivity contribution in [3.05, 3.63) is 10.7 Å². The van der Waals surface area contributed by atoms with Gasteiger partial charge in [-0.2, -0.15) is 4.98 Å². The zero-order valence-electron chi connectivity index (χ0n) is 7.91. The molecule has 0 fully saturated rings. The molecule has 0 aliphatic carbocycles. The first-order chi connectivity index (χ1) is 6.36. The first kappa shape index (κ1) is 11.2. The van der Waals surface area contributed by atoms with Gasteiger partial charge in [-0.25, -0.2) is 13.4 Å². The smallest absolute Gasteiger partial charge is 0.250 e. The summed E-state index contributed by atoms with van der Waals surface area (Å²) >= 11 is 5.77. The second-order valence-electron chi connectivity index (χ2n) is 2.69. The molecule has 1 rings (SSSR count). The molecule has 0 unspecified atom stereocenters. The van der Waals surface area contributed by atoms with Crippen LogP contribution in [0.4, 0.5) is 0 Å². The average Bonchev–Trinajstić information content (AvgIpc) is 2.07. The normalized spacial score (nSPS) is 11.4. The van der Waals surface area contributed by atoms with Crippen LogP contribution < -0.4 is 4.74 Å². The molecule has 0 aliphatic rings. The lowest BCUT2D eigenvalue weighted by atomic mass is 10.4. The van der Waals surface area contributed by atoms with Crippen LogP contribution in [0, 0.1) is 6.92 Å². The number of aryl methyl sites for hydroxylation is 1. The van der Waals surface area contributed by atoms with Crippen molar-refractivity contribution in [1.29, 1.82) is 0 Å². The Hall–Kier alpha value is -0.880. The highest BCUT2D eigenvalue weighted by Gasteiger charge is 2.16. The lowest BCUT2D eigenvalue weighted by molar-refractivity contribution is 0.391. The summed E-state index contributed by atoms with van der Waals surface area (Å²) in [7, 11) is -2.07. The number of halogens is 1. The molecule has 0 N–H and O–H groups in total. The Balaban J connectivity index is 3.46. The van der Waals surface area contributed by atoms with Crippen LogP contribution >= 0.6 is 11.6 Å². The van der Waals surface area contributed by atoms with E-state index in [2.05, 4.69) is 9.97 Å². The Kier molecular flexibility index (Phi) is 2.96. The predicted molar refractivity (Wildman–Crippen MR) is 51.4 cm³/mol. The number of methoxy groups -OCH3 is 1. The van der Waals surface area contributed by atoms with E-state index in [1.54, 1.807) is 6.92 Å². The lowest BCUT2D eigenvalue weighted by Crippen LogP contribution is -2.07. The third-order valence-corrected chi connectivity index (χ3v) is 2.77. The first-order valence-electron chi connectivity index (χ1n) is 3.64. The second-order valence-corrected chi connectivity index (χ2v) is 4.97. The maximum absolute atomic E-state index is 11.1. The Bertz CT molecular complexity index is 458. The summed E-state index contributed by atoms with van der Waals surface area (Å²) in [5, 5.41) is -0.0591. The Labute approximate surface area is 87.0 Å². The van der Waals surface area contributed by atoms with Crippen molar-refractivity contribution in [3.8, 4) is 5.88 Å². The molecule has 78 valence electrons. The zero-order chi connectivity index (χ0) is 10.9. The number of nitrogens with zero attached hydrogens (tertiary/aromatic N) is 2. The molecular formula is C7H9ClN2O3S. The van der Waals surface area contributed by atoms with Gasteiger partial charge in [0.05, 0.1) is 12.8 Å². The lowest BCUT2D eigenvalue weighted by Gasteiger charge is -2.05. The molecule has 1 aromatic heterocycles. The fraction of sp³-hybridized carbons (Fsp3) is 0.429. The zero-order valence-corrected chi connectivity index (χ0v) is 9.48. The maximum Gasteiger partial charge on any atom is 0.250 e. The Morgan fingerprint density at radius 3 is 2.36 bits per heavy atom. The summed E-state index contributed by atoms with van der Waals surface area (Å²) < 4.78 is 27.1.